The van der Waals surface area contributed by atoms with E-state index in [1.54, 1.807) is 0 Å². The number of aliphatic hydroxyl groups excluding tert-OH is 4. The highest BCUT2D eigenvalue weighted by Crippen LogP contribution is 2.32. The smallest absolute Gasteiger partial charge is 0.189 e. The molecule has 0 spiro atoms. The van der Waals surface area contributed by atoms with Crippen LogP contribution in [0.5, 0.6) is 0 Å². The zero-order valence-corrected chi connectivity index (χ0v) is 10.2. The highest BCUT2D eigenvalue weighted by Gasteiger charge is 2.45. The Kier molecular flexibility index (Phi) is 4.22. The molecule has 0 radical (unpaired) electrons. The zero-order valence-electron chi connectivity index (χ0n) is 10.2. The van der Waals surface area contributed by atoms with Gasteiger partial charge in [-0.25, -0.2) is 0 Å². The van der Waals surface area contributed by atoms with E-state index >= 15 is 0 Å². The van der Waals surface area contributed by atoms with Gasteiger partial charge in [-0.3, -0.25) is 0 Å². The number of ether oxygens (including phenoxy) is 3. The van der Waals surface area contributed by atoms with Crippen LogP contribution in [0.4, 0.5) is 0 Å². The van der Waals surface area contributed by atoms with Gasteiger partial charge >= 0.3 is 0 Å². The van der Waals surface area contributed by atoms with Crippen LogP contribution in [0.2, 0.25) is 0 Å². The van der Waals surface area contributed by atoms with Crippen molar-refractivity contribution in [2.24, 2.45) is 5.41 Å². The van der Waals surface area contributed by atoms with Gasteiger partial charge < -0.3 is 34.6 Å². The Morgan fingerprint density at radius 1 is 1.11 bits per heavy atom. The Morgan fingerprint density at radius 2 is 1.78 bits per heavy atom. The van der Waals surface area contributed by atoms with Crippen molar-refractivity contribution in [1.29, 1.82) is 0 Å². The van der Waals surface area contributed by atoms with Gasteiger partial charge in [-0.1, -0.05) is 6.92 Å². The highest BCUT2D eigenvalue weighted by atomic mass is 16.7. The first-order valence-electron chi connectivity index (χ1n) is 6.06. The van der Waals surface area contributed by atoms with Gasteiger partial charge in [-0.15, -0.1) is 0 Å². The molecule has 7 heteroatoms. The Bertz CT molecular complexity index is 275. The van der Waals surface area contributed by atoms with Crippen LogP contribution in [0.15, 0.2) is 0 Å². The molecule has 106 valence electrons. The van der Waals surface area contributed by atoms with Crippen molar-refractivity contribution in [3.8, 4) is 0 Å². The third-order valence-electron chi connectivity index (χ3n) is 3.66. The molecule has 2 heterocycles. The molecular weight excluding hydrogens is 244 g/mol. The van der Waals surface area contributed by atoms with Gasteiger partial charge in [0.2, 0.25) is 0 Å². The summed E-state index contributed by atoms with van der Waals surface area (Å²) in [5, 5.41) is 37.8. The normalized spacial score (nSPS) is 43.5. The van der Waals surface area contributed by atoms with Crippen molar-refractivity contribution in [1.82, 2.24) is 0 Å². The topological polar surface area (TPSA) is 109 Å². The monoisotopic (exact) mass is 264 g/mol. The second-order valence-electron chi connectivity index (χ2n) is 5.02. The molecule has 2 aliphatic rings. The van der Waals surface area contributed by atoms with E-state index < -0.39 is 30.9 Å². The van der Waals surface area contributed by atoms with Gasteiger partial charge in [-0.2, -0.15) is 0 Å². The largest absolute Gasteiger partial charge is 0.387 e. The summed E-state index contributed by atoms with van der Waals surface area (Å²) in [7, 11) is 0. The summed E-state index contributed by atoms with van der Waals surface area (Å²) in [6.45, 7) is 3.48. The van der Waals surface area contributed by atoms with Crippen molar-refractivity contribution in [2.75, 3.05) is 19.8 Å². The fourth-order valence-electron chi connectivity index (χ4n) is 2.01. The minimum absolute atomic E-state index is 0.0882. The lowest BCUT2D eigenvalue weighted by Gasteiger charge is -2.43. The second-order valence-corrected chi connectivity index (χ2v) is 5.02. The minimum Gasteiger partial charge on any atom is -0.387 e. The SMILES string of the molecule is CCC1(COC2OC(O)C(O)C(O)C2O)COC1. The van der Waals surface area contributed by atoms with E-state index in [2.05, 4.69) is 0 Å². The summed E-state index contributed by atoms with van der Waals surface area (Å²) < 4.78 is 15.5. The van der Waals surface area contributed by atoms with Gasteiger partial charge in [0.05, 0.1) is 19.8 Å². The molecule has 18 heavy (non-hydrogen) atoms. The molecule has 7 nitrogen and oxygen atoms in total. The fraction of sp³-hybridized carbons (Fsp3) is 1.00. The lowest BCUT2D eigenvalue weighted by atomic mass is 9.84. The summed E-state index contributed by atoms with van der Waals surface area (Å²) in [6, 6.07) is 0. The van der Waals surface area contributed by atoms with Gasteiger partial charge in [-0.05, 0) is 6.42 Å². The maximum absolute atomic E-state index is 9.68. The third-order valence-corrected chi connectivity index (χ3v) is 3.66. The van der Waals surface area contributed by atoms with Crippen molar-refractivity contribution < 1.29 is 34.6 Å². The molecule has 5 atom stereocenters. The Balaban J connectivity index is 1.88. The summed E-state index contributed by atoms with van der Waals surface area (Å²) in [6.07, 6.45) is -6.27. The highest BCUT2D eigenvalue weighted by molar-refractivity contribution is 4.87. The molecule has 0 bridgehead atoms. The van der Waals surface area contributed by atoms with Crippen LogP contribution < -0.4 is 0 Å². The van der Waals surface area contributed by atoms with Crippen LogP contribution in [-0.2, 0) is 14.2 Å². The molecule has 0 aromatic rings. The molecule has 2 fully saturated rings. The summed E-state index contributed by atoms with van der Waals surface area (Å²) in [5.74, 6) is 0. The van der Waals surface area contributed by atoms with E-state index in [0.717, 1.165) is 6.42 Å². The van der Waals surface area contributed by atoms with Gasteiger partial charge in [0.1, 0.15) is 18.3 Å². The number of rotatable bonds is 4. The first-order chi connectivity index (χ1) is 8.49. The number of aliphatic hydroxyl groups is 4. The maximum Gasteiger partial charge on any atom is 0.189 e. The van der Waals surface area contributed by atoms with Crippen LogP contribution in [0.3, 0.4) is 0 Å². The Hall–Kier alpha value is -0.280. The molecule has 0 aliphatic carbocycles. The van der Waals surface area contributed by atoms with Gasteiger partial charge in [0.15, 0.2) is 12.6 Å². The predicted octanol–water partition coefficient (Wildman–Crippen LogP) is -1.81. The summed E-state index contributed by atoms with van der Waals surface area (Å²) in [5.41, 5.74) is -0.0882. The average molecular weight is 264 g/mol. The van der Waals surface area contributed by atoms with Crippen LogP contribution >= 0.6 is 0 Å². The quantitative estimate of drug-likeness (QED) is 0.474. The fourth-order valence-corrected chi connectivity index (χ4v) is 2.01. The van der Waals surface area contributed by atoms with E-state index in [4.69, 9.17) is 14.2 Å². The standard InChI is InChI=1S/C11H20O7/c1-2-11(3-16-4-11)5-17-10-8(14)6(12)7(13)9(15)18-10/h6-10,12-15H,2-5H2,1H3. The first kappa shape index (κ1) is 14.1. The van der Waals surface area contributed by atoms with E-state index in [0.29, 0.717) is 19.8 Å². The molecule has 0 aromatic carbocycles. The first-order valence-corrected chi connectivity index (χ1v) is 6.06. The number of hydrogen-bond donors (Lipinski definition) is 4. The lowest BCUT2D eigenvalue weighted by Crippen LogP contribution is -2.59. The van der Waals surface area contributed by atoms with E-state index in [1.807, 2.05) is 6.92 Å². The molecule has 0 amide bonds. The molecule has 4 N–H and O–H groups in total. The number of hydrogen-bond acceptors (Lipinski definition) is 7. The van der Waals surface area contributed by atoms with E-state index in [1.165, 1.54) is 0 Å². The van der Waals surface area contributed by atoms with Crippen LogP contribution in [-0.4, -0.2) is 71.1 Å². The summed E-state index contributed by atoms with van der Waals surface area (Å²) >= 11 is 0. The van der Waals surface area contributed by atoms with E-state index in [9.17, 15) is 20.4 Å². The molecule has 0 aromatic heterocycles. The van der Waals surface area contributed by atoms with Gasteiger partial charge in [0.25, 0.3) is 0 Å². The Labute approximate surface area is 105 Å². The van der Waals surface area contributed by atoms with Crippen LogP contribution in [0, 0.1) is 5.41 Å². The second kappa shape index (κ2) is 5.38. The van der Waals surface area contributed by atoms with Crippen molar-refractivity contribution in [3.05, 3.63) is 0 Å². The van der Waals surface area contributed by atoms with Crippen molar-refractivity contribution in [3.63, 3.8) is 0 Å². The maximum atomic E-state index is 9.68. The van der Waals surface area contributed by atoms with Crippen molar-refractivity contribution in [2.45, 2.75) is 44.2 Å². The summed E-state index contributed by atoms with van der Waals surface area (Å²) in [4.78, 5) is 0. The Morgan fingerprint density at radius 3 is 2.28 bits per heavy atom. The lowest BCUT2D eigenvalue weighted by molar-refractivity contribution is -0.348. The molecule has 2 aliphatic heterocycles. The average Bonchev–Trinajstić information content (AvgIpc) is 2.32. The van der Waals surface area contributed by atoms with Crippen molar-refractivity contribution >= 4 is 0 Å². The molecule has 2 rings (SSSR count). The third kappa shape index (κ3) is 2.53. The predicted molar refractivity (Wildman–Crippen MR) is 58.4 cm³/mol. The minimum atomic E-state index is -1.57. The van der Waals surface area contributed by atoms with Gasteiger partial charge in [0, 0.05) is 5.41 Å². The van der Waals surface area contributed by atoms with Crippen LogP contribution in [0.25, 0.3) is 0 Å². The van der Waals surface area contributed by atoms with Crippen LogP contribution in [0.1, 0.15) is 13.3 Å². The molecule has 2 saturated heterocycles. The molecule has 5 unspecified atom stereocenters. The molecular formula is C11H20O7. The van der Waals surface area contributed by atoms with E-state index in [-0.39, 0.29) is 5.41 Å². The molecule has 0 saturated carbocycles. The zero-order chi connectivity index (χ0) is 13.3.